The zero-order valence-corrected chi connectivity index (χ0v) is 18.2. The molecule has 1 N–H and O–H groups in total. The van der Waals surface area contributed by atoms with Crippen molar-refractivity contribution >= 4 is 11.6 Å². The van der Waals surface area contributed by atoms with Gasteiger partial charge < -0.3 is 19.4 Å². The molecule has 7 nitrogen and oxygen atoms in total. The Morgan fingerprint density at radius 2 is 1.91 bits per heavy atom. The van der Waals surface area contributed by atoms with Crippen LogP contribution in [0.2, 0.25) is 0 Å². The highest BCUT2D eigenvalue weighted by molar-refractivity contribution is 6.05. The highest BCUT2D eigenvalue weighted by atomic mass is 16.5. The fourth-order valence-corrected chi connectivity index (χ4v) is 3.54. The second kappa shape index (κ2) is 9.34. The van der Waals surface area contributed by atoms with Crippen LogP contribution in [0.15, 0.2) is 73.2 Å². The predicted octanol–water partition coefficient (Wildman–Crippen LogP) is 4.72. The second-order valence-electron chi connectivity index (χ2n) is 7.28. The first-order chi connectivity index (χ1) is 15.6. The third kappa shape index (κ3) is 4.46. The van der Waals surface area contributed by atoms with Gasteiger partial charge in [-0.3, -0.25) is 9.78 Å². The Hall–Kier alpha value is -4.13. The standard InChI is InChI=1S/C25H24N4O3/c1-17-13-21(18(2)29(17)24-8-4-5-12-27-24)25(30)28-20-9-10-22(31-3)23(14-20)32-16-19-7-6-11-26-15-19/h4-15H,16H2,1-3H3,(H,28,30). The molecule has 1 aromatic carbocycles. The normalized spacial score (nSPS) is 10.6. The first-order valence-electron chi connectivity index (χ1n) is 10.2. The summed E-state index contributed by atoms with van der Waals surface area (Å²) in [6.07, 6.45) is 5.19. The van der Waals surface area contributed by atoms with Gasteiger partial charge in [-0.05, 0) is 50.2 Å². The van der Waals surface area contributed by atoms with Crippen molar-refractivity contribution in [2.75, 3.05) is 12.4 Å². The van der Waals surface area contributed by atoms with E-state index in [4.69, 9.17) is 9.47 Å². The molecule has 0 aliphatic rings. The molecular weight excluding hydrogens is 404 g/mol. The summed E-state index contributed by atoms with van der Waals surface area (Å²) < 4.78 is 13.3. The number of ether oxygens (including phenoxy) is 2. The maximum absolute atomic E-state index is 13.1. The summed E-state index contributed by atoms with van der Waals surface area (Å²) in [4.78, 5) is 21.5. The summed E-state index contributed by atoms with van der Waals surface area (Å²) in [5, 5.41) is 2.96. The summed E-state index contributed by atoms with van der Waals surface area (Å²) in [6.45, 7) is 4.20. The zero-order valence-electron chi connectivity index (χ0n) is 18.2. The SMILES string of the molecule is COc1ccc(NC(=O)c2cc(C)n(-c3ccccn3)c2C)cc1OCc1cccnc1. The molecular formula is C25H24N4O3. The smallest absolute Gasteiger partial charge is 0.257 e. The first kappa shape index (κ1) is 21.1. The molecule has 7 heteroatoms. The number of carbonyl (C=O) groups excluding carboxylic acids is 1. The van der Waals surface area contributed by atoms with Gasteiger partial charge in [-0.1, -0.05) is 12.1 Å². The predicted molar refractivity (Wildman–Crippen MR) is 123 cm³/mol. The van der Waals surface area contributed by atoms with Crippen LogP contribution in [-0.4, -0.2) is 27.6 Å². The Balaban J connectivity index is 1.55. The maximum Gasteiger partial charge on any atom is 0.257 e. The summed E-state index contributed by atoms with van der Waals surface area (Å²) >= 11 is 0. The van der Waals surface area contributed by atoms with Crippen LogP contribution in [0.25, 0.3) is 5.82 Å². The summed E-state index contributed by atoms with van der Waals surface area (Å²) in [5.74, 6) is 1.69. The number of aryl methyl sites for hydroxylation is 1. The van der Waals surface area contributed by atoms with Gasteiger partial charge in [0, 0.05) is 47.3 Å². The number of nitrogens with one attached hydrogen (secondary N) is 1. The van der Waals surface area contributed by atoms with E-state index in [1.165, 1.54) is 0 Å². The molecule has 0 aliphatic heterocycles. The van der Waals surface area contributed by atoms with Gasteiger partial charge in [-0.2, -0.15) is 0 Å². The second-order valence-corrected chi connectivity index (χ2v) is 7.28. The van der Waals surface area contributed by atoms with Crippen molar-refractivity contribution in [1.82, 2.24) is 14.5 Å². The Bertz CT molecular complexity index is 1220. The van der Waals surface area contributed by atoms with E-state index in [1.807, 2.05) is 54.8 Å². The third-order valence-corrected chi connectivity index (χ3v) is 5.09. The molecule has 0 unspecified atom stereocenters. The largest absolute Gasteiger partial charge is 0.493 e. The van der Waals surface area contributed by atoms with Crippen molar-refractivity contribution in [3.05, 3.63) is 95.7 Å². The van der Waals surface area contributed by atoms with Gasteiger partial charge >= 0.3 is 0 Å². The minimum Gasteiger partial charge on any atom is -0.493 e. The average Bonchev–Trinajstić information content (AvgIpc) is 3.13. The number of carbonyl (C=O) groups is 1. The molecule has 32 heavy (non-hydrogen) atoms. The van der Waals surface area contributed by atoms with E-state index >= 15 is 0 Å². The number of aromatic nitrogens is 3. The Morgan fingerprint density at radius 3 is 2.62 bits per heavy atom. The average molecular weight is 428 g/mol. The van der Waals surface area contributed by atoms with Crippen LogP contribution in [0.5, 0.6) is 11.5 Å². The van der Waals surface area contributed by atoms with Crippen molar-refractivity contribution in [3.63, 3.8) is 0 Å². The summed E-state index contributed by atoms with van der Waals surface area (Å²) in [5.41, 5.74) is 3.88. The fourth-order valence-electron chi connectivity index (χ4n) is 3.54. The molecule has 0 spiro atoms. The number of hydrogen-bond donors (Lipinski definition) is 1. The number of anilines is 1. The minimum absolute atomic E-state index is 0.205. The van der Waals surface area contributed by atoms with Crippen molar-refractivity contribution < 1.29 is 14.3 Å². The van der Waals surface area contributed by atoms with E-state index in [2.05, 4.69) is 15.3 Å². The van der Waals surface area contributed by atoms with Crippen LogP contribution in [0, 0.1) is 13.8 Å². The molecule has 0 aliphatic carbocycles. The minimum atomic E-state index is -0.205. The number of hydrogen-bond acceptors (Lipinski definition) is 5. The maximum atomic E-state index is 13.1. The molecule has 0 saturated carbocycles. The first-order valence-corrected chi connectivity index (χ1v) is 10.2. The molecule has 0 radical (unpaired) electrons. The van der Waals surface area contributed by atoms with Gasteiger partial charge in [0.2, 0.25) is 0 Å². The lowest BCUT2D eigenvalue weighted by Crippen LogP contribution is -2.13. The summed E-state index contributed by atoms with van der Waals surface area (Å²) in [6, 6.07) is 16.7. The number of nitrogens with zero attached hydrogens (tertiary/aromatic N) is 3. The van der Waals surface area contributed by atoms with E-state index < -0.39 is 0 Å². The molecule has 162 valence electrons. The molecule has 1 amide bonds. The van der Waals surface area contributed by atoms with Gasteiger partial charge in [0.15, 0.2) is 11.5 Å². The molecule has 3 heterocycles. The highest BCUT2D eigenvalue weighted by Gasteiger charge is 2.18. The van der Waals surface area contributed by atoms with Crippen LogP contribution in [0.1, 0.15) is 27.3 Å². The number of amides is 1. The lowest BCUT2D eigenvalue weighted by Gasteiger charge is -2.13. The van der Waals surface area contributed by atoms with Crippen molar-refractivity contribution in [1.29, 1.82) is 0 Å². The van der Waals surface area contributed by atoms with Crippen molar-refractivity contribution in [2.45, 2.75) is 20.5 Å². The molecule has 0 fully saturated rings. The van der Waals surface area contributed by atoms with Crippen LogP contribution < -0.4 is 14.8 Å². The monoisotopic (exact) mass is 428 g/mol. The quantitative estimate of drug-likeness (QED) is 0.461. The van der Waals surface area contributed by atoms with Gasteiger partial charge in [-0.15, -0.1) is 0 Å². The number of methoxy groups -OCH3 is 1. The van der Waals surface area contributed by atoms with E-state index in [-0.39, 0.29) is 5.91 Å². The van der Waals surface area contributed by atoms with Crippen LogP contribution >= 0.6 is 0 Å². The fraction of sp³-hybridized carbons (Fsp3) is 0.160. The van der Waals surface area contributed by atoms with E-state index in [9.17, 15) is 4.79 Å². The van der Waals surface area contributed by atoms with Crippen molar-refractivity contribution in [2.24, 2.45) is 0 Å². The number of benzene rings is 1. The van der Waals surface area contributed by atoms with Gasteiger partial charge in [0.1, 0.15) is 12.4 Å². The molecule has 0 bridgehead atoms. The van der Waals surface area contributed by atoms with Gasteiger partial charge in [0.25, 0.3) is 5.91 Å². The van der Waals surface area contributed by atoms with E-state index in [0.29, 0.717) is 29.4 Å². The lowest BCUT2D eigenvalue weighted by atomic mass is 10.2. The van der Waals surface area contributed by atoms with Gasteiger partial charge in [0.05, 0.1) is 12.7 Å². The van der Waals surface area contributed by atoms with Crippen molar-refractivity contribution in [3.8, 4) is 17.3 Å². The lowest BCUT2D eigenvalue weighted by molar-refractivity contribution is 0.102. The summed E-state index contributed by atoms with van der Waals surface area (Å²) in [7, 11) is 1.58. The van der Waals surface area contributed by atoms with E-state index in [0.717, 1.165) is 22.8 Å². The van der Waals surface area contributed by atoms with E-state index in [1.54, 1.807) is 43.9 Å². The Morgan fingerprint density at radius 1 is 1.03 bits per heavy atom. The van der Waals surface area contributed by atoms with Crippen LogP contribution in [0.4, 0.5) is 5.69 Å². The molecule has 4 aromatic rings. The molecule has 3 aromatic heterocycles. The molecule has 4 rings (SSSR count). The molecule has 0 atom stereocenters. The van der Waals surface area contributed by atoms with Crippen LogP contribution in [-0.2, 0) is 6.61 Å². The zero-order chi connectivity index (χ0) is 22.5. The topological polar surface area (TPSA) is 78.3 Å². The Kier molecular flexibility index (Phi) is 6.17. The number of pyridine rings is 2. The van der Waals surface area contributed by atoms with Gasteiger partial charge in [-0.25, -0.2) is 4.98 Å². The van der Waals surface area contributed by atoms with Crippen LogP contribution in [0.3, 0.4) is 0 Å². The number of rotatable bonds is 7. The Labute approximate surface area is 186 Å². The third-order valence-electron chi connectivity index (χ3n) is 5.09. The highest BCUT2D eigenvalue weighted by Crippen LogP contribution is 2.31. The molecule has 0 saturated heterocycles.